The van der Waals surface area contributed by atoms with Gasteiger partial charge in [-0.1, -0.05) is 13.8 Å². The number of nitrogens with two attached hydrogens (primary N) is 1. The van der Waals surface area contributed by atoms with Crippen molar-refractivity contribution in [3.63, 3.8) is 0 Å². The summed E-state index contributed by atoms with van der Waals surface area (Å²) in [5.74, 6) is 0.977. The molecule has 1 aromatic rings. The molecule has 0 atom stereocenters. The van der Waals surface area contributed by atoms with Gasteiger partial charge in [0, 0.05) is 13.6 Å². The lowest BCUT2D eigenvalue weighted by Crippen LogP contribution is -2.36. The Hall–Kier alpha value is -0.940. The summed E-state index contributed by atoms with van der Waals surface area (Å²) in [4.78, 5) is 2.22. The third kappa shape index (κ3) is 3.60. The largest absolute Gasteiger partial charge is 0.330 e. The number of hydrogen-bond donors (Lipinski definition) is 1. The maximum atomic E-state index is 5.70. The van der Waals surface area contributed by atoms with E-state index in [1.54, 1.807) is 6.33 Å². The van der Waals surface area contributed by atoms with E-state index in [1.807, 2.05) is 11.6 Å². The van der Waals surface area contributed by atoms with Gasteiger partial charge >= 0.3 is 0 Å². The normalized spacial score (nSPS) is 12.4. The molecule has 0 aliphatic carbocycles. The third-order valence-corrected chi connectivity index (χ3v) is 2.47. The first-order chi connectivity index (χ1) is 6.94. The van der Waals surface area contributed by atoms with Gasteiger partial charge in [0.2, 0.25) is 0 Å². The lowest BCUT2D eigenvalue weighted by molar-refractivity contribution is 0.205. The predicted octanol–water partition coefficient (Wildman–Crippen LogP) is 0.232. The Morgan fingerprint density at radius 3 is 2.67 bits per heavy atom. The van der Waals surface area contributed by atoms with Gasteiger partial charge in [0.25, 0.3) is 0 Å². The van der Waals surface area contributed by atoms with Gasteiger partial charge < -0.3 is 10.3 Å². The van der Waals surface area contributed by atoms with Crippen LogP contribution in [0.25, 0.3) is 0 Å². The van der Waals surface area contributed by atoms with Crippen molar-refractivity contribution in [1.82, 2.24) is 19.7 Å². The highest BCUT2D eigenvalue weighted by Crippen LogP contribution is 2.14. The minimum absolute atomic E-state index is 0.146. The minimum atomic E-state index is 0.146. The molecule has 0 radical (unpaired) electrons. The Kier molecular flexibility index (Phi) is 3.82. The van der Waals surface area contributed by atoms with Crippen LogP contribution in [0.3, 0.4) is 0 Å². The molecular weight excluding hydrogens is 190 g/mol. The molecule has 0 unspecified atom stereocenters. The van der Waals surface area contributed by atoms with Gasteiger partial charge in [0.1, 0.15) is 12.2 Å². The molecule has 0 saturated carbocycles. The van der Waals surface area contributed by atoms with Crippen LogP contribution in [-0.2, 0) is 13.6 Å². The second kappa shape index (κ2) is 4.72. The van der Waals surface area contributed by atoms with E-state index in [0.717, 1.165) is 18.9 Å². The van der Waals surface area contributed by atoms with Crippen LogP contribution in [0.1, 0.15) is 19.7 Å². The predicted molar refractivity (Wildman–Crippen MR) is 60.2 cm³/mol. The SMILES string of the molecule is CN(Cc1nncn1C)CC(C)(C)CN. The number of rotatable bonds is 5. The number of hydrogen-bond acceptors (Lipinski definition) is 4. The Balaban J connectivity index is 2.50. The molecule has 1 heterocycles. The van der Waals surface area contributed by atoms with E-state index in [-0.39, 0.29) is 5.41 Å². The molecule has 0 aromatic carbocycles. The molecule has 0 saturated heterocycles. The smallest absolute Gasteiger partial charge is 0.146 e. The summed E-state index contributed by atoms with van der Waals surface area (Å²) in [6, 6.07) is 0. The van der Waals surface area contributed by atoms with Crippen molar-refractivity contribution in [3.05, 3.63) is 12.2 Å². The zero-order valence-electron chi connectivity index (χ0n) is 10.1. The maximum absolute atomic E-state index is 5.70. The zero-order valence-corrected chi connectivity index (χ0v) is 10.1. The van der Waals surface area contributed by atoms with Crippen molar-refractivity contribution in [1.29, 1.82) is 0 Å². The van der Waals surface area contributed by atoms with Crippen LogP contribution in [0.15, 0.2) is 6.33 Å². The Bertz CT molecular complexity index is 305. The van der Waals surface area contributed by atoms with Crippen molar-refractivity contribution in [2.24, 2.45) is 18.2 Å². The van der Waals surface area contributed by atoms with Crippen molar-refractivity contribution < 1.29 is 0 Å². The lowest BCUT2D eigenvalue weighted by atomic mass is 9.93. The average molecular weight is 211 g/mol. The van der Waals surface area contributed by atoms with E-state index in [1.165, 1.54) is 0 Å². The first-order valence-corrected chi connectivity index (χ1v) is 5.16. The van der Waals surface area contributed by atoms with Crippen LogP contribution in [0.4, 0.5) is 0 Å². The summed E-state index contributed by atoms with van der Waals surface area (Å²) in [6.07, 6.45) is 1.72. The molecular formula is C10H21N5. The lowest BCUT2D eigenvalue weighted by Gasteiger charge is -2.28. The van der Waals surface area contributed by atoms with Gasteiger partial charge in [-0.05, 0) is 19.0 Å². The molecule has 15 heavy (non-hydrogen) atoms. The fraction of sp³-hybridized carbons (Fsp3) is 0.800. The van der Waals surface area contributed by atoms with Crippen molar-refractivity contribution in [2.75, 3.05) is 20.1 Å². The van der Waals surface area contributed by atoms with Crippen LogP contribution in [0.2, 0.25) is 0 Å². The quantitative estimate of drug-likeness (QED) is 0.757. The van der Waals surface area contributed by atoms with Crippen LogP contribution >= 0.6 is 0 Å². The maximum Gasteiger partial charge on any atom is 0.146 e. The van der Waals surface area contributed by atoms with Crippen LogP contribution < -0.4 is 5.73 Å². The topological polar surface area (TPSA) is 60.0 Å². The van der Waals surface area contributed by atoms with Gasteiger partial charge in [0.15, 0.2) is 0 Å². The monoisotopic (exact) mass is 211 g/mol. The van der Waals surface area contributed by atoms with Crippen molar-refractivity contribution in [2.45, 2.75) is 20.4 Å². The number of aromatic nitrogens is 3. The van der Waals surface area contributed by atoms with Crippen molar-refractivity contribution >= 4 is 0 Å². The summed E-state index contributed by atoms with van der Waals surface area (Å²) in [6.45, 7) is 6.78. The van der Waals surface area contributed by atoms with Crippen LogP contribution in [-0.4, -0.2) is 39.8 Å². The van der Waals surface area contributed by atoms with E-state index in [9.17, 15) is 0 Å². The van der Waals surface area contributed by atoms with Gasteiger partial charge in [-0.2, -0.15) is 0 Å². The standard InChI is InChI=1S/C10H21N5/c1-10(2,6-11)7-14(3)5-9-13-12-8-15(9)4/h8H,5-7,11H2,1-4H3. The van der Waals surface area contributed by atoms with Crippen LogP contribution in [0.5, 0.6) is 0 Å². The first kappa shape index (κ1) is 12.1. The molecule has 1 aromatic heterocycles. The van der Waals surface area contributed by atoms with Gasteiger partial charge in [0.05, 0.1) is 6.54 Å². The molecule has 0 amide bonds. The Morgan fingerprint density at radius 1 is 1.53 bits per heavy atom. The Labute approximate surface area is 91.3 Å². The molecule has 0 aliphatic rings. The Morgan fingerprint density at radius 2 is 2.20 bits per heavy atom. The fourth-order valence-electron chi connectivity index (χ4n) is 1.54. The van der Waals surface area contributed by atoms with E-state index >= 15 is 0 Å². The molecule has 1 rings (SSSR count). The summed E-state index contributed by atoms with van der Waals surface area (Å²) in [5.41, 5.74) is 5.84. The summed E-state index contributed by atoms with van der Waals surface area (Å²) in [5, 5.41) is 7.90. The molecule has 0 spiro atoms. The zero-order chi connectivity index (χ0) is 11.5. The van der Waals surface area contributed by atoms with E-state index in [2.05, 4.69) is 36.0 Å². The van der Waals surface area contributed by atoms with Gasteiger partial charge in [-0.15, -0.1) is 10.2 Å². The molecule has 0 bridgehead atoms. The summed E-state index contributed by atoms with van der Waals surface area (Å²) < 4.78 is 1.94. The molecule has 5 nitrogen and oxygen atoms in total. The molecule has 2 N–H and O–H groups in total. The van der Waals surface area contributed by atoms with E-state index in [4.69, 9.17) is 5.73 Å². The number of aryl methyl sites for hydroxylation is 1. The summed E-state index contributed by atoms with van der Waals surface area (Å²) in [7, 11) is 4.03. The number of nitrogens with zero attached hydrogens (tertiary/aromatic N) is 4. The minimum Gasteiger partial charge on any atom is -0.330 e. The highest BCUT2D eigenvalue weighted by atomic mass is 15.3. The summed E-state index contributed by atoms with van der Waals surface area (Å²) >= 11 is 0. The average Bonchev–Trinajstić information content (AvgIpc) is 2.51. The highest BCUT2D eigenvalue weighted by molar-refractivity contribution is 4.85. The van der Waals surface area contributed by atoms with E-state index in [0.29, 0.717) is 6.54 Å². The molecule has 86 valence electrons. The van der Waals surface area contributed by atoms with Crippen LogP contribution in [0, 0.1) is 5.41 Å². The highest BCUT2D eigenvalue weighted by Gasteiger charge is 2.18. The van der Waals surface area contributed by atoms with Gasteiger partial charge in [-0.3, -0.25) is 4.90 Å². The van der Waals surface area contributed by atoms with Gasteiger partial charge in [-0.25, -0.2) is 0 Å². The third-order valence-electron chi connectivity index (χ3n) is 2.47. The fourth-order valence-corrected chi connectivity index (χ4v) is 1.54. The molecule has 0 aliphatic heterocycles. The van der Waals surface area contributed by atoms with E-state index < -0.39 is 0 Å². The second-order valence-corrected chi connectivity index (χ2v) is 4.90. The molecule has 5 heteroatoms. The molecule has 0 fully saturated rings. The van der Waals surface area contributed by atoms with Crippen molar-refractivity contribution in [3.8, 4) is 0 Å². The second-order valence-electron chi connectivity index (χ2n) is 4.90. The first-order valence-electron chi connectivity index (χ1n) is 5.16.